The van der Waals surface area contributed by atoms with Gasteiger partial charge in [0.05, 0.1) is 0 Å². The summed E-state index contributed by atoms with van der Waals surface area (Å²) in [6.07, 6.45) is 0. The molecule has 1 aromatic carbocycles. The third-order valence-corrected chi connectivity index (χ3v) is 1.69. The van der Waals surface area contributed by atoms with E-state index in [0.29, 0.717) is 6.54 Å². The van der Waals surface area contributed by atoms with E-state index in [1.807, 2.05) is 37.3 Å². The first kappa shape index (κ1) is 8.78. The quantitative estimate of drug-likeness (QED) is 0.650. The standard InChI is InChI=1S/C10H12NO/c1-3-11(9(2)12)10-7-5-4-6-8-10/h4-8H,2-3H2,1H3. The number of rotatable bonds is 2. The summed E-state index contributed by atoms with van der Waals surface area (Å²) in [6.45, 7) is 5.96. The zero-order valence-corrected chi connectivity index (χ0v) is 7.16. The molecule has 0 N–H and O–H groups in total. The van der Waals surface area contributed by atoms with Crippen LogP contribution < -0.4 is 4.90 Å². The summed E-state index contributed by atoms with van der Waals surface area (Å²) in [4.78, 5) is 12.6. The number of hydrogen-bond donors (Lipinski definition) is 0. The minimum absolute atomic E-state index is 0.163. The largest absolute Gasteiger partial charge is 0.313 e. The summed E-state index contributed by atoms with van der Waals surface area (Å²) in [5.74, 6) is -0.163. The predicted octanol–water partition coefficient (Wildman–Crippen LogP) is 1.87. The second-order valence-electron chi connectivity index (χ2n) is 2.47. The van der Waals surface area contributed by atoms with Crippen molar-refractivity contribution in [3.05, 3.63) is 37.3 Å². The molecule has 2 heteroatoms. The van der Waals surface area contributed by atoms with Crippen molar-refractivity contribution in [1.29, 1.82) is 0 Å². The lowest BCUT2D eigenvalue weighted by molar-refractivity contribution is -0.114. The Morgan fingerprint density at radius 1 is 1.42 bits per heavy atom. The zero-order chi connectivity index (χ0) is 8.97. The van der Waals surface area contributed by atoms with Crippen molar-refractivity contribution in [2.24, 2.45) is 0 Å². The molecule has 0 aliphatic carbocycles. The third kappa shape index (κ3) is 1.84. The van der Waals surface area contributed by atoms with Gasteiger partial charge in [-0.2, -0.15) is 0 Å². The Kier molecular flexibility index (Phi) is 2.86. The van der Waals surface area contributed by atoms with Crippen LogP contribution in [0, 0.1) is 6.92 Å². The fourth-order valence-corrected chi connectivity index (χ4v) is 1.11. The number of amides is 1. The van der Waals surface area contributed by atoms with Gasteiger partial charge in [0, 0.05) is 19.2 Å². The lowest BCUT2D eigenvalue weighted by Crippen LogP contribution is -2.27. The summed E-state index contributed by atoms with van der Waals surface area (Å²) >= 11 is 0. The first-order valence-electron chi connectivity index (χ1n) is 3.94. The van der Waals surface area contributed by atoms with E-state index in [-0.39, 0.29) is 5.91 Å². The Hall–Kier alpha value is -1.31. The number of benzene rings is 1. The third-order valence-electron chi connectivity index (χ3n) is 1.69. The molecule has 0 aromatic heterocycles. The van der Waals surface area contributed by atoms with E-state index in [4.69, 9.17) is 0 Å². The molecule has 1 radical (unpaired) electrons. The van der Waals surface area contributed by atoms with E-state index < -0.39 is 0 Å². The van der Waals surface area contributed by atoms with Gasteiger partial charge in [-0.15, -0.1) is 0 Å². The van der Waals surface area contributed by atoms with E-state index >= 15 is 0 Å². The molecule has 0 spiro atoms. The van der Waals surface area contributed by atoms with Gasteiger partial charge in [-0.3, -0.25) is 4.79 Å². The van der Waals surface area contributed by atoms with Gasteiger partial charge in [0.15, 0.2) is 0 Å². The summed E-state index contributed by atoms with van der Waals surface area (Å²) in [7, 11) is 0. The van der Waals surface area contributed by atoms with E-state index in [9.17, 15) is 4.79 Å². The van der Waals surface area contributed by atoms with Crippen molar-refractivity contribution in [2.75, 3.05) is 11.4 Å². The highest BCUT2D eigenvalue weighted by molar-refractivity contribution is 5.96. The molecular weight excluding hydrogens is 150 g/mol. The molecule has 0 unspecified atom stereocenters. The van der Waals surface area contributed by atoms with Crippen LogP contribution in [0.3, 0.4) is 0 Å². The lowest BCUT2D eigenvalue weighted by atomic mass is 10.3. The van der Waals surface area contributed by atoms with Crippen LogP contribution in [0.5, 0.6) is 0 Å². The molecule has 0 saturated heterocycles. The fraction of sp³-hybridized carbons (Fsp3) is 0.200. The summed E-state index contributed by atoms with van der Waals surface area (Å²) < 4.78 is 0. The van der Waals surface area contributed by atoms with E-state index in [0.717, 1.165) is 5.69 Å². The monoisotopic (exact) mass is 162 g/mol. The van der Waals surface area contributed by atoms with Gasteiger partial charge >= 0.3 is 0 Å². The molecule has 0 aliphatic rings. The van der Waals surface area contributed by atoms with Gasteiger partial charge in [0.1, 0.15) is 0 Å². The number of carbonyl (C=O) groups excluding carboxylic acids is 1. The predicted molar refractivity (Wildman–Crippen MR) is 49.8 cm³/mol. The fourth-order valence-electron chi connectivity index (χ4n) is 1.11. The smallest absolute Gasteiger partial charge is 0.227 e. The van der Waals surface area contributed by atoms with Gasteiger partial charge in [-0.1, -0.05) is 18.2 Å². The molecule has 1 rings (SSSR count). The molecule has 12 heavy (non-hydrogen) atoms. The van der Waals surface area contributed by atoms with Crippen LogP contribution >= 0.6 is 0 Å². The van der Waals surface area contributed by atoms with Gasteiger partial charge in [0.2, 0.25) is 5.91 Å². The summed E-state index contributed by atoms with van der Waals surface area (Å²) in [6, 6.07) is 9.52. The van der Waals surface area contributed by atoms with Crippen LogP contribution in [0.15, 0.2) is 30.3 Å². The molecule has 0 fully saturated rings. The van der Waals surface area contributed by atoms with Gasteiger partial charge < -0.3 is 4.90 Å². The van der Waals surface area contributed by atoms with Crippen molar-refractivity contribution in [2.45, 2.75) is 6.92 Å². The highest BCUT2D eigenvalue weighted by Gasteiger charge is 2.06. The number of anilines is 1. The maximum Gasteiger partial charge on any atom is 0.227 e. The first-order valence-corrected chi connectivity index (χ1v) is 3.94. The summed E-state index contributed by atoms with van der Waals surface area (Å²) in [5.41, 5.74) is 0.903. The van der Waals surface area contributed by atoms with E-state index in [2.05, 4.69) is 6.92 Å². The van der Waals surface area contributed by atoms with Crippen LogP contribution in [-0.4, -0.2) is 12.5 Å². The van der Waals surface area contributed by atoms with Crippen LogP contribution in [0.4, 0.5) is 5.69 Å². The van der Waals surface area contributed by atoms with Crippen LogP contribution in [0.25, 0.3) is 0 Å². The molecular formula is C10H12NO. The average molecular weight is 162 g/mol. The van der Waals surface area contributed by atoms with E-state index in [1.165, 1.54) is 0 Å². The zero-order valence-electron chi connectivity index (χ0n) is 7.16. The van der Waals surface area contributed by atoms with Crippen LogP contribution in [0.1, 0.15) is 6.92 Å². The minimum Gasteiger partial charge on any atom is -0.313 e. The van der Waals surface area contributed by atoms with Gasteiger partial charge in [-0.05, 0) is 19.1 Å². The number of hydrogen-bond acceptors (Lipinski definition) is 1. The normalized spacial score (nSPS) is 9.50. The van der Waals surface area contributed by atoms with Crippen molar-refractivity contribution < 1.29 is 4.79 Å². The Labute approximate surface area is 72.8 Å². The molecule has 1 amide bonds. The number of carbonyl (C=O) groups is 1. The molecule has 0 atom stereocenters. The second-order valence-corrected chi connectivity index (χ2v) is 2.47. The van der Waals surface area contributed by atoms with E-state index in [1.54, 1.807) is 4.90 Å². The van der Waals surface area contributed by atoms with Crippen molar-refractivity contribution in [1.82, 2.24) is 0 Å². The molecule has 2 nitrogen and oxygen atoms in total. The van der Waals surface area contributed by atoms with Gasteiger partial charge in [-0.25, -0.2) is 0 Å². The lowest BCUT2D eigenvalue weighted by Gasteiger charge is -2.18. The molecule has 0 saturated carbocycles. The van der Waals surface area contributed by atoms with Crippen LogP contribution in [0.2, 0.25) is 0 Å². The molecule has 0 aliphatic heterocycles. The minimum atomic E-state index is -0.163. The van der Waals surface area contributed by atoms with Crippen molar-refractivity contribution >= 4 is 11.6 Å². The van der Waals surface area contributed by atoms with Crippen molar-refractivity contribution in [3.63, 3.8) is 0 Å². The Morgan fingerprint density at radius 2 is 2.00 bits per heavy atom. The second kappa shape index (κ2) is 3.90. The Balaban J connectivity index is 2.88. The molecule has 1 aromatic rings. The maximum atomic E-state index is 11.0. The molecule has 63 valence electrons. The highest BCUT2D eigenvalue weighted by Crippen LogP contribution is 2.12. The number of nitrogens with zero attached hydrogens (tertiary/aromatic N) is 1. The maximum absolute atomic E-state index is 11.0. The topological polar surface area (TPSA) is 20.3 Å². The number of para-hydroxylation sites is 1. The SMILES string of the molecule is [CH2]C(=O)N(CC)c1ccccc1. The van der Waals surface area contributed by atoms with Crippen molar-refractivity contribution in [3.8, 4) is 0 Å². The average Bonchev–Trinajstić information content (AvgIpc) is 2.07. The Bertz CT molecular complexity index is 256. The van der Waals surface area contributed by atoms with Crippen LogP contribution in [-0.2, 0) is 4.79 Å². The Morgan fingerprint density at radius 3 is 2.42 bits per heavy atom. The molecule has 0 heterocycles. The highest BCUT2D eigenvalue weighted by atomic mass is 16.2. The molecule has 0 bridgehead atoms. The first-order chi connectivity index (χ1) is 5.75. The summed E-state index contributed by atoms with van der Waals surface area (Å²) in [5, 5.41) is 0. The van der Waals surface area contributed by atoms with Gasteiger partial charge in [0.25, 0.3) is 0 Å².